The average Bonchev–Trinajstić information content (AvgIpc) is 3.11. The molecule has 0 unspecified atom stereocenters. The third-order valence-electron chi connectivity index (χ3n) is 7.57. The zero-order valence-corrected chi connectivity index (χ0v) is 21.0. The summed E-state index contributed by atoms with van der Waals surface area (Å²) in [6.07, 6.45) is 10.3. The van der Waals surface area contributed by atoms with E-state index < -0.39 is 6.04 Å². The summed E-state index contributed by atoms with van der Waals surface area (Å²) < 4.78 is 0. The second-order valence-corrected chi connectivity index (χ2v) is 10.3. The van der Waals surface area contributed by atoms with Crippen LogP contribution in [0.2, 0.25) is 5.02 Å². The molecule has 3 aliphatic rings. The molecule has 0 radical (unpaired) electrons. The fraction of sp³-hybridized carbons (Fsp3) is 0.556. The van der Waals surface area contributed by atoms with Gasteiger partial charge in [0.15, 0.2) is 0 Å². The van der Waals surface area contributed by atoms with Gasteiger partial charge in [-0.3, -0.25) is 24.1 Å². The molecular weight excluding hydrogens is 466 g/mol. The third-order valence-corrected chi connectivity index (χ3v) is 7.93. The lowest BCUT2D eigenvalue weighted by Gasteiger charge is -2.32. The fourth-order valence-corrected chi connectivity index (χ4v) is 5.60. The number of hydrogen-bond acceptors (Lipinski definition) is 4. The molecule has 35 heavy (non-hydrogen) atoms. The number of benzene rings is 1. The molecule has 1 aromatic rings. The highest BCUT2D eigenvalue weighted by atomic mass is 35.5. The smallest absolute Gasteiger partial charge is 0.242 e. The fourth-order valence-electron chi connectivity index (χ4n) is 5.40. The summed E-state index contributed by atoms with van der Waals surface area (Å²) >= 11 is 6.36. The Morgan fingerprint density at radius 1 is 1.06 bits per heavy atom. The van der Waals surface area contributed by atoms with Crippen molar-refractivity contribution >= 4 is 35.2 Å². The molecule has 0 bridgehead atoms. The van der Waals surface area contributed by atoms with Crippen molar-refractivity contribution in [3.05, 3.63) is 47.0 Å². The topological polar surface area (TPSA) is 86.8 Å². The van der Waals surface area contributed by atoms with E-state index in [-0.39, 0.29) is 61.0 Å². The summed E-state index contributed by atoms with van der Waals surface area (Å²) in [5.74, 6) is -1.51. The molecule has 1 aromatic carbocycles. The van der Waals surface area contributed by atoms with Gasteiger partial charge in [0.2, 0.25) is 23.6 Å². The minimum atomic E-state index is -0.711. The van der Waals surface area contributed by atoms with Crippen molar-refractivity contribution in [1.82, 2.24) is 15.1 Å². The van der Waals surface area contributed by atoms with Gasteiger partial charge in [0.1, 0.15) is 6.04 Å². The van der Waals surface area contributed by atoms with Crippen LogP contribution in [-0.2, 0) is 25.7 Å². The van der Waals surface area contributed by atoms with Crippen molar-refractivity contribution in [1.29, 1.82) is 0 Å². The molecule has 2 aliphatic carbocycles. The lowest BCUT2D eigenvalue weighted by atomic mass is 9.85. The van der Waals surface area contributed by atoms with E-state index in [0.29, 0.717) is 17.9 Å². The van der Waals surface area contributed by atoms with E-state index in [1.807, 2.05) is 30.4 Å². The molecule has 0 spiro atoms. The van der Waals surface area contributed by atoms with E-state index in [4.69, 9.17) is 11.6 Å². The maximum atomic E-state index is 13.4. The molecule has 1 N–H and O–H groups in total. The van der Waals surface area contributed by atoms with E-state index >= 15 is 0 Å². The second kappa shape index (κ2) is 11.4. The summed E-state index contributed by atoms with van der Waals surface area (Å²) in [6.45, 7) is 1.92. The van der Waals surface area contributed by atoms with Gasteiger partial charge >= 0.3 is 0 Å². The highest BCUT2D eigenvalue weighted by Gasteiger charge is 2.47. The van der Waals surface area contributed by atoms with Crippen LogP contribution >= 0.6 is 11.6 Å². The van der Waals surface area contributed by atoms with Crippen molar-refractivity contribution in [2.75, 3.05) is 6.54 Å². The monoisotopic (exact) mass is 499 g/mol. The highest BCUT2D eigenvalue weighted by Crippen LogP contribution is 2.35. The number of nitrogens with one attached hydrogen (secondary N) is 1. The number of carbonyl (C=O) groups is 4. The van der Waals surface area contributed by atoms with Crippen molar-refractivity contribution in [2.24, 2.45) is 11.8 Å². The van der Waals surface area contributed by atoms with Crippen molar-refractivity contribution < 1.29 is 19.2 Å². The van der Waals surface area contributed by atoms with Gasteiger partial charge < -0.3 is 10.2 Å². The van der Waals surface area contributed by atoms with Gasteiger partial charge in [-0.25, -0.2) is 0 Å². The first kappa shape index (κ1) is 25.4. The number of rotatable bonds is 8. The highest BCUT2D eigenvalue weighted by molar-refractivity contribution is 6.31. The van der Waals surface area contributed by atoms with Crippen LogP contribution < -0.4 is 5.32 Å². The van der Waals surface area contributed by atoms with Crippen molar-refractivity contribution in [3.8, 4) is 0 Å². The molecule has 1 saturated heterocycles. The Morgan fingerprint density at radius 2 is 1.69 bits per heavy atom. The standard InChI is InChI=1S/C27H34ClN3O4/c1-18(25(33)29-20-10-3-2-4-11-20)31(17-19-9-5-8-14-23(19)28)24(32)15-16-30-26(34)21-12-6-7-13-22(21)27(30)35/h5-9,14,18,20-22H,2-4,10-13,15-17H2,1H3,(H,29,33)/t18-,21-,22+/m1/s1. The minimum Gasteiger partial charge on any atom is -0.352 e. The number of carbonyl (C=O) groups excluding carboxylic acids is 4. The van der Waals surface area contributed by atoms with Gasteiger partial charge in [0.25, 0.3) is 0 Å². The zero-order valence-electron chi connectivity index (χ0n) is 20.2. The molecule has 2 fully saturated rings. The Bertz CT molecular complexity index is 978. The van der Waals surface area contributed by atoms with Crippen LogP contribution in [0.3, 0.4) is 0 Å². The number of halogens is 1. The molecule has 0 aromatic heterocycles. The molecule has 3 atom stereocenters. The number of amides is 4. The minimum absolute atomic E-state index is 0.0273. The second-order valence-electron chi connectivity index (χ2n) is 9.87. The first-order valence-corrected chi connectivity index (χ1v) is 13.1. The van der Waals surface area contributed by atoms with Crippen LogP contribution in [0.4, 0.5) is 0 Å². The van der Waals surface area contributed by atoms with Crippen LogP contribution in [0, 0.1) is 11.8 Å². The Morgan fingerprint density at radius 3 is 2.31 bits per heavy atom. The van der Waals surface area contributed by atoms with Gasteiger partial charge in [0.05, 0.1) is 11.8 Å². The summed E-state index contributed by atoms with van der Waals surface area (Å²) in [5.41, 5.74) is 0.741. The Hall–Kier alpha value is -2.67. The van der Waals surface area contributed by atoms with E-state index in [2.05, 4.69) is 5.32 Å². The maximum Gasteiger partial charge on any atom is 0.242 e. The van der Waals surface area contributed by atoms with Gasteiger partial charge in [-0.15, -0.1) is 0 Å². The first-order chi connectivity index (χ1) is 16.9. The Balaban J connectivity index is 1.45. The van der Waals surface area contributed by atoms with Crippen LogP contribution in [-0.4, -0.2) is 52.1 Å². The summed E-state index contributed by atoms with van der Waals surface area (Å²) in [5, 5.41) is 3.63. The van der Waals surface area contributed by atoms with E-state index in [9.17, 15) is 19.2 Å². The number of allylic oxidation sites excluding steroid dienone is 2. The van der Waals surface area contributed by atoms with E-state index in [1.54, 1.807) is 13.0 Å². The third kappa shape index (κ3) is 5.77. The molecule has 1 aliphatic heterocycles. The molecular formula is C27H34ClN3O4. The molecule has 4 amide bonds. The first-order valence-electron chi connectivity index (χ1n) is 12.7. The van der Waals surface area contributed by atoms with Gasteiger partial charge in [-0.1, -0.05) is 61.2 Å². The molecule has 1 heterocycles. The molecule has 188 valence electrons. The maximum absolute atomic E-state index is 13.4. The van der Waals surface area contributed by atoms with Crippen molar-refractivity contribution in [3.63, 3.8) is 0 Å². The summed E-state index contributed by atoms with van der Waals surface area (Å²) in [4.78, 5) is 54.9. The molecule has 7 nitrogen and oxygen atoms in total. The van der Waals surface area contributed by atoms with Crippen molar-refractivity contribution in [2.45, 2.75) is 76.9 Å². The predicted octanol–water partition coefficient (Wildman–Crippen LogP) is 3.85. The summed E-state index contributed by atoms with van der Waals surface area (Å²) in [6, 6.07) is 6.66. The van der Waals surface area contributed by atoms with Crippen LogP contribution in [0.25, 0.3) is 0 Å². The zero-order chi connectivity index (χ0) is 24.9. The number of imide groups is 1. The number of hydrogen-bond donors (Lipinski definition) is 1. The van der Waals surface area contributed by atoms with E-state index in [1.165, 1.54) is 16.2 Å². The van der Waals surface area contributed by atoms with Crippen LogP contribution in [0.1, 0.15) is 63.9 Å². The van der Waals surface area contributed by atoms with Crippen LogP contribution in [0.15, 0.2) is 36.4 Å². The predicted molar refractivity (Wildman–Crippen MR) is 133 cm³/mol. The molecule has 4 rings (SSSR count). The lowest BCUT2D eigenvalue weighted by Crippen LogP contribution is -2.51. The number of fused-ring (bicyclic) bond motifs is 1. The van der Waals surface area contributed by atoms with Gasteiger partial charge in [-0.2, -0.15) is 0 Å². The number of nitrogens with zero attached hydrogens (tertiary/aromatic N) is 2. The summed E-state index contributed by atoms with van der Waals surface area (Å²) in [7, 11) is 0. The van der Waals surface area contributed by atoms with E-state index in [0.717, 1.165) is 31.2 Å². The largest absolute Gasteiger partial charge is 0.352 e. The lowest BCUT2D eigenvalue weighted by molar-refractivity contribution is -0.144. The quantitative estimate of drug-likeness (QED) is 0.435. The molecule has 1 saturated carbocycles. The Labute approximate surface area is 211 Å². The SMILES string of the molecule is C[C@H](C(=O)NC1CCCCC1)N(Cc1ccccc1Cl)C(=O)CCN1C(=O)[C@H]2CC=CC[C@H]2C1=O. The van der Waals surface area contributed by atoms with Gasteiger partial charge in [-0.05, 0) is 44.2 Å². The van der Waals surface area contributed by atoms with Crippen LogP contribution in [0.5, 0.6) is 0 Å². The average molecular weight is 500 g/mol. The van der Waals surface area contributed by atoms with Gasteiger partial charge in [0, 0.05) is 30.6 Å². The number of likely N-dealkylation sites (tertiary alicyclic amines) is 1. The normalized spacial score (nSPS) is 23.2. The Kier molecular flexibility index (Phi) is 8.26. The molecule has 8 heteroatoms.